The standard InChI is InChI=1S/C12H19N3OS2/c1-9(10-2-4-13-5-3-10)18-8-11(16)15-12-14-6-7-17-12/h6-7,9-10,13H,2-5,8H2,1H3,(H,14,15,16). The molecule has 2 heterocycles. The molecule has 0 aromatic carbocycles. The molecule has 100 valence electrons. The van der Waals surface area contributed by atoms with Crippen molar-refractivity contribution in [1.29, 1.82) is 0 Å². The molecule has 1 amide bonds. The third-order valence-electron chi connectivity index (χ3n) is 3.20. The summed E-state index contributed by atoms with van der Waals surface area (Å²) < 4.78 is 0. The topological polar surface area (TPSA) is 54.0 Å². The highest BCUT2D eigenvalue weighted by molar-refractivity contribution is 8.00. The quantitative estimate of drug-likeness (QED) is 0.871. The molecule has 1 aliphatic heterocycles. The van der Waals surface area contributed by atoms with Crippen molar-refractivity contribution in [3.05, 3.63) is 11.6 Å². The van der Waals surface area contributed by atoms with Crippen molar-refractivity contribution in [2.75, 3.05) is 24.2 Å². The van der Waals surface area contributed by atoms with Crippen LogP contribution in [-0.2, 0) is 4.79 Å². The number of anilines is 1. The first kappa shape index (κ1) is 13.8. The van der Waals surface area contributed by atoms with E-state index in [0.717, 1.165) is 19.0 Å². The number of carbonyl (C=O) groups is 1. The summed E-state index contributed by atoms with van der Waals surface area (Å²) in [7, 11) is 0. The monoisotopic (exact) mass is 285 g/mol. The van der Waals surface area contributed by atoms with E-state index in [-0.39, 0.29) is 5.91 Å². The molecular weight excluding hydrogens is 266 g/mol. The lowest BCUT2D eigenvalue weighted by molar-refractivity contribution is -0.113. The first-order valence-corrected chi connectivity index (χ1v) is 8.20. The van der Waals surface area contributed by atoms with Crippen LogP contribution in [0.3, 0.4) is 0 Å². The largest absolute Gasteiger partial charge is 0.317 e. The van der Waals surface area contributed by atoms with Gasteiger partial charge in [-0.15, -0.1) is 23.1 Å². The minimum absolute atomic E-state index is 0.0516. The highest BCUT2D eigenvalue weighted by Gasteiger charge is 2.20. The molecule has 2 rings (SSSR count). The fourth-order valence-corrected chi connectivity index (χ4v) is 3.67. The SMILES string of the molecule is CC(SCC(=O)Nc1nccs1)C1CCNCC1. The Hall–Kier alpha value is -0.590. The van der Waals surface area contributed by atoms with Gasteiger partial charge in [-0.25, -0.2) is 4.98 Å². The van der Waals surface area contributed by atoms with E-state index in [1.807, 2.05) is 5.38 Å². The summed E-state index contributed by atoms with van der Waals surface area (Å²) in [6.45, 7) is 4.46. The smallest absolute Gasteiger partial charge is 0.236 e. The predicted molar refractivity (Wildman–Crippen MR) is 78.3 cm³/mol. The minimum atomic E-state index is 0.0516. The Morgan fingerprint density at radius 1 is 1.67 bits per heavy atom. The lowest BCUT2D eigenvalue weighted by Crippen LogP contribution is -2.32. The van der Waals surface area contributed by atoms with Gasteiger partial charge < -0.3 is 10.6 Å². The Kier molecular flexibility index (Phi) is 5.46. The summed E-state index contributed by atoms with van der Waals surface area (Å²) in [6.07, 6.45) is 4.15. The van der Waals surface area contributed by atoms with E-state index in [1.165, 1.54) is 24.2 Å². The van der Waals surface area contributed by atoms with Gasteiger partial charge in [-0.05, 0) is 31.8 Å². The van der Waals surface area contributed by atoms with Gasteiger partial charge in [-0.2, -0.15) is 0 Å². The van der Waals surface area contributed by atoms with Crippen molar-refractivity contribution >= 4 is 34.1 Å². The molecule has 1 unspecified atom stereocenters. The molecule has 1 saturated heterocycles. The Morgan fingerprint density at radius 3 is 3.11 bits per heavy atom. The summed E-state index contributed by atoms with van der Waals surface area (Å²) in [5.41, 5.74) is 0. The first-order valence-electron chi connectivity index (χ1n) is 6.27. The molecule has 1 aliphatic rings. The van der Waals surface area contributed by atoms with Crippen LogP contribution >= 0.6 is 23.1 Å². The number of piperidine rings is 1. The van der Waals surface area contributed by atoms with Crippen molar-refractivity contribution in [3.63, 3.8) is 0 Å². The molecular formula is C12H19N3OS2. The maximum absolute atomic E-state index is 11.7. The van der Waals surface area contributed by atoms with Crippen LogP contribution in [0.2, 0.25) is 0 Å². The molecule has 1 aromatic heterocycles. The predicted octanol–water partition coefficient (Wildman–Crippen LogP) is 2.20. The van der Waals surface area contributed by atoms with Crippen molar-refractivity contribution in [1.82, 2.24) is 10.3 Å². The Morgan fingerprint density at radius 2 is 2.44 bits per heavy atom. The van der Waals surface area contributed by atoms with E-state index < -0.39 is 0 Å². The summed E-state index contributed by atoms with van der Waals surface area (Å²) in [5, 5.41) is 9.29. The van der Waals surface area contributed by atoms with Gasteiger partial charge in [0.25, 0.3) is 0 Å². The zero-order valence-electron chi connectivity index (χ0n) is 10.5. The lowest BCUT2D eigenvalue weighted by Gasteiger charge is -2.27. The zero-order chi connectivity index (χ0) is 12.8. The van der Waals surface area contributed by atoms with Crippen molar-refractivity contribution < 1.29 is 4.79 Å². The Labute approximate surface area is 116 Å². The van der Waals surface area contributed by atoms with E-state index in [9.17, 15) is 4.79 Å². The van der Waals surface area contributed by atoms with Crippen LogP contribution in [0, 0.1) is 5.92 Å². The summed E-state index contributed by atoms with van der Waals surface area (Å²) in [6, 6.07) is 0. The zero-order valence-corrected chi connectivity index (χ0v) is 12.1. The van der Waals surface area contributed by atoms with Crippen LogP contribution in [0.5, 0.6) is 0 Å². The minimum Gasteiger partial charge on any atom is -0.317 e. The molecule has 18 heavy (non-hydrogen) atoms. The van der Waals surface area contributed by atoms with Crippen molar-refractivity contribution in [2.24, 2.45) is 5.92 Å². The van der Waals surface area contributed by atoms with Gasteiger partial charge in [0.05, 0.1) is 5.75 Å². The highest BCUT2D eigenvalue weighted by atomic mass is 32.2. The lowest BCUT2D eigenvalue weighted by atomic mass is 9.95. The van der Waals surface area contributed by atoms with Gasteiger partial charge >= 0.3 is 0 Å². The number of amides is 1. The van der Waals surface area contributed by atoms with E-state index in [0.29, 0.717) is 16.1 Å². The number of nitrogens with one attached hydrogen (secondary N) is 2. The van der Waals surface area contributed by atoms with Crippen LogP contribution < -0.4 is 10.6 Å². The van der Waals surface area contributed by atoms with Gasteiger partial charge in [0, 0.05) is 16.8 Å². The molecule has 0 saturated carbocycles. The van der Waals surface area contributed by atoms with E-state index in [2.05, 4.69) is 22.5 Å². The fraction of sp³-hybridized carbons (Fsp3) is 0.667. The molecule has 1 fully saturated rings. The molecule has 1 aromatic rings. The van der Waals surface area contributed by atoms with Crippen LogP contribution in [0.1, 0.15) is 19.8 Å². The molecule has 0 aliphatic carbocycles. The van der Waals surface area contributed by atoms with E-state index in [1.54, 1.807) is 18.0 Å². The Bertz CT molecular complexity index is 363. The van der Waals surface area contributed by atoms with Gasteiger partial charge in [-0.1, -0.05) is 6.92 Å². The first-order chi connectivity index (χ1) is 8.75. The molecule has 1 atom stereocenters. The number of aromatic nitrogens is 1. The molecule has 0 radical (unpaired) electrons. The number of thioether (sulfide) groups is 1. The number of thiazole rings is 1. The molecule has 0 bridgehead atoms. The Balaban J connectivity index is 1.68. The number of carbonyl (C=O) groups excluding carboxylic acids is 1. The number of hydrogen-bond acceptors (Lipinski definition) is 5. The van der Waals surface area contributed by atoms with E-state index >= 15 is 0 Å². The third kappa shape index (κ3) is 4.26. The average Bonchev–Trinajstić information content (AvgIpc) is 2.90. The molecule has 0 spiro atoms. The van der Waals surface area contributed by atoms with Gasteiger partial charge in [0.2, 0.25) is 5.91 Å². The third-order valence-corrected chi connectivity index (χ3v) is 5.23. The van der Waals surface area contributed by atoms with Crippen LogP contribution in [0.4, 0.5) is 5.13 Å². The number of rotatable bonds is 5. The van der Waals surface area contributed by atoms with Crippen molar-refractivity contribution in [2.45, 2.75) is 25.0 Å². The second-order valence-electron chi connectivity index (χ2n) is 4.49. The number of hydrogen-bond donors (Lipinski definition) is 2. The maximum atomic E-state index is 11.7. The second kappa shape index (κ2) is 7.11. The fourth-order valence-electron chi connectivity index (χ4n) is 2.10. The van der Waals surface area contributed by atoms with Crippen LogP contribution in [-0.4, -0.2) is 35.0 Å². The second-order valence-corrected chi connectivity index (χ2v) is 6.75. The highest BCUT2D eigenvalue weighted by Crippen LogP contribution is 2.26. The van der Waals surface area contributed by atoms with Crippen molar-refractivity contribution in [3.8, 4) is 0 Å². The van der Waals surface area contributed by atoms with Crippen LogP contribution in [0.25, 0.3) is 0 Å². The molecule has 4 nitrogen and oxygen atoms in total. The van der Waals surface area contributed by atoms with Crippen LogP contribution in [0.15, 0.2) is 11.6 Å². The summed E-state index contributed by atoms with van der Waals surface area (Å²) in [5.74, 6) is 1.31. The average molecular weight is 285 g/mol. The van der Waals surface area contributed by atoms with Gasteiger partial charge in [0.15, 0.2) is 5.13 Å². The summed E-state index contributed by atoms with van der Waals surface area (Å²) in [4.78, 5) is 15.8. The summed E-state index contributed by atoms with van der Waals surface area (Å²) >= 11 is 3.20. The molecule has 2 N–H and O–H groups in total. The maximum Gasteiger partial charge on any atom is 0.236 e. The normalized spacial score (nSPS) is 18.5. The number of nitrogens with zero attached hydrogens (tertiary/aromatic N) is 1. The van der Waals surface area contributed by atoms with Gasteiger partial charge in [0.1, 0.15) is 0 Å². The molecule has 6 heteroatoms. The van der Waals surface area contributed by atoms with Gasteiger partial charge in [-0.3, -0.25) is 4.79 Å². The van der Waals surface area contributed by atoms with E-state index in [4.69, 9.17) is 0 Å².